The summed E-state index contributed by atoms with van der Waals surface area (Å²) >= 11 is 0. The maximum atomic E-state index is 9.36. The summed E-state index contributed by atoms with van der Waals surface area (Å²) in [6.45, 7) is -1.02. The van der Waals surface area contributed by atoms with Crippen LogP contribution in [0.3, 0.4) is 0 Å². The van der Waals surface area contributed by atoms with Crippen molar-refractivity contribution in [3.05, 3.63) is 0 Å². The van der Waals surface area contributed by atoms with Crippen molar-refractivity contribution in [2.75, 3.05) is 13.2 Å². The number of rotatable bonds is 2. The first-order chi connectivity index (χ1) is 5.52. The van der Waals surface area contributed by atoms with Crippen LogP contribution in [0.25, 0.3) is 0 Å². The summed E-state index contributed by atoms with van der Waals surface area (Å²) in [5.74, 6) is -2.26. The Labute approximate surface area is 68.6 Å². The summed E-state index contributed by atoms with van der Waals surface area (Å²) in [6, 6.07) is 0. The lowest BCUT2D eigenvalue weighted by atomic mass is 10.0. The van der Waals surface area contributed by atoms with Gasteiger partial charge in [0.1, 0.15) is 18.3 Å². The van der Waals surface area contributed by atoms with Gasteiger partial charge in [-0.05, 0) is 0 Å². The van der Waals surface area contributed by atoms with E-state index in [2.05, 4.69) is 4.74 Å². The van der Waals surface area contributed by atoms with E-state index in [-0.39, 0.29) is 6.61 Å². The third kappa shape index (κ3) is 1.33. The molecule has 12 heavy (non-hydrogen) atoms. The monoisotopic (exact) mass is 180 g/mol. The van der Waals surface area contributed by atoms with Crippen molar-refractivity contribution >= 4 is 0 Å². The number of aliphatic hydroxyl groups is 5. The van der Waals surface area contributed by atoms with Crippen LogP contribution < -0.4 is 0 Å². The average molecular weight is 180 g/mol. The standard InChI is InChI=1S/C6H12O6/c7-1-4(9)6(11)5(10)3(8)2-12-6/h3-5,7-11H,1-2H2/t3-,4+,5-,6-/m1/s1. The van der Waals surface area contributed by atoms with E-state index in [0.717, 1.165) is 0 Å². The molecule has 0 aliphatic carbocycles. The molecular weight excluding hydrogens is 168 g/mol. The van der Waals surface area contributed by atoms with Gasteiger partial charge in [0.05, 0.1) is 13.2 Å². The van der Waals surface area contributed by atoms with Crippen LogP contribution in [0.2, 0.25) is 0 Å². The average Bonchev–Trinajstić information content (AvgIpc) is 2.33. The minimum absolute atomic E-state index is 0.269. The molecule has 0 aromatic heterocycles. The van der Waals surface area contributed by atoms with Gasteiger partial charge in [0, 0.05) is 0 Å². The normalized spacial score (nSPS) is 44.8. The third-order valence-electron chi connectivity index (χ3n) is 1.92. The van der Waals surface area contributed by atoms with Gasteiger partial charge in [-0.15, -0.1) is 0 Å². The molecule has 6 nitrogen and oxygen atoms in total. The van der Waals surface area contributed by atoms with Gasteiger partial charge in [0.15, 0.2) is 0 Å². The molecule has 1 fully saturated rings. The molecule has 1 heterocycles. The highest BCUT2D eigenvalue weighted by atomic mass is 16.7. The van der Waals surface area contributed by atoms with Crippen LogP contribution in [0.5, 0.6) is 0 Å². The summed E-state index contributed by atoms with van der Waals surface area (Å²) in [7, 11) is 0. The van der Waals surface area contributed by atoms with Crippen molar-refractivity contribution < 1.29 is 30.3 Å². The topological polar surface area (TPSA) is 110 Å². The molecule has 1 saturated heterocycles. The smallest absolute Gasteiger partial charge is 0.224 e. The predicted octanol–water partition coefficient (Wildman–Crippen LogP) is -3.22. The van der Waals surface area contributed by atoms with Gasteiger partial charge in [-0.25, -0.2) is 0 Å². The molecule has 1 aliphatic rings. The SMILES string of the molecule is OC[C@H](O)[C@@]1(O)OC[C@@H](O)[C@H]1O. The maximum absolute atomic E-state index is 9.36. The quantitative estimate of drug-likeness (QED) is 0.306. The molecule has 0 bridgehead atoms. The molecule has 0 saturated carbocycles. The summed E-state index contributed by atoms with van der Waals surface area (Å²) in [4.78, 5) is 0. The first-order valence-electron chi connectivity index (χ1n) is 3.53. The fourth-order valence-electron chi connectivity index (χ4n) is 1.10. The molecule has 6 heteroatoms. The van der Waals surface area contributed by atoms with Crippen molar-refractivity contribution in [2.45, 2.75) is 24.1 Å². The number of ether oxygens (including phenoxy) is 1. The van der Waals surface area contributed by atoms with Crippen LogP contribution in [-0.2, 0) is 4.74 Å². The van der Waals surface area contributed by atoms with E-state index in [1.165, 1.54) is 0 Å². The van der Waals surface area contributed by atoms with Gasteiger partial charge in [0.2, 0.25) is 5.79 Å². The second-order valence-electron chi connectivity index (χ2n) is 2.77. The highest BCUT2D eigenvalue weighted by molar-refractivity contribution is 4.94. The first-order valence-corrected chi connectivity index (χ1v) is 3.53. The number of hydrogen-bond donors (Lipinski definition) is 5. The van der Waals surface area contributed by atoms with E-state index in [1.54, 1.807) is 0 Å². The summed E-state index contributed by atoms with van der Waals surface area (Å²) in [5, 5.41) is 44.9. The van der Waals surface area contributed by atoms with E-state index in [1.807, 2.05) is 0 Å². The van der Waals surface area contributed by atoms with Crippen molar-refractivity contribution in [3.63, 3.8) is 0 Å². The molecule has 0 radical (unpaired) electrons. The Morgan fingerprint density at radius 2 is 2.08 bits per heavy atom. The number of aliphatic hydroxyl groups excluding tert-OH is 4. The lowest BCUT2D eigenvalue weighted by molar-refractivity contribution is -0.271. The van der Waals surface area contributed by atoms with E-state index in [9.17, 15) is 5.11 Å². The second-order valence-corrected chi connectivity index (χ2v) is 2.77. The van der Waals surface area contributed by atoms with Gasteiger partial charge >= 0.3 is 0 Å². The Morgan fingerprint density at radius 3 is 2.42 bits per heavy atom. The molecule has 4 atom stereocenters. The Bertz CT molecular complexity index is 162. The van der Waals surface area contributed by atoms with E-state index >= 15 is 0 Å². The molecule has 5 N–H and O–H groups in total. The maximum Gasteiger partial charge on any atom is 0.224 e. The zero-order valence-electron chi connectivity index (χ0n) is 6.29. The van der Waals surface area contributed by atoms with Crippen molar-refractivity contribution in [1.29, 1.82) is 0 Å². The molecule has 0 aromatic rings. The van der Waals surface area contributed by atoms with Crippen LogP contribution >= 0.6 is 0 Å². The largest absolute Gasteiger partial charge is 0.393 e. The molecular formula is C6H12O6. The molecule has 0 aromatic carbocycles. The van der Waals surface area contributed by atoms with Gasteiger partial charge in [-0.2, -0.15) is 0 Å². The fraction of sp³-hybridized carbons (Fsp3) is 1.00. The molecule has 0 spiro atoms. The van der Waals surface area contributed by atoms with Crippen LogP contribution in [-0.4, -0.2) is 62.8 Å². The van der Waals surface area contributed by atoms with E-state index < -0.39 is 30.7 Å². The lowest BCUT2D eigenvalue weighted by Gasteiger charge is -2.29. The van der Waals surface area contributed by atoms with E-state index in [4.69, 9.17) is 20.4 Å². The molecule has 1 aliphatic heterocycles. The van der Waals surface area contributed by atoms with Crippen molar-refractivity contribution in [1.82, 2.24) is 0 Å². The Morgan fingerprint density at radius 1 is 1.50 bits per heavy atom. The number of hydrogen-bond acceptors (Lipinski definition) is 6. The van der Waals surface area contributed by atoms with Crippen LogP contribution in [0.4, 0.5) is 0 Å². The summed E-state index contributed by atoms with van der Waals surface area (Å²) < 4.78 is 4.56. The van der Waals surface area contributed by atoms with Crippen molar-refractivity contribution in [3.8, 4) is 0 Å². The van der Waals surface area contributed by atoms with Crippen LogP contribution in [0, 0.1) is 0 Å². The predicted molar refractivity (Wildman–Crippen MR) is 36.0 cm³/mol. The van der Waals surface area contributed by atoms with Gasteiger partial charge in [0.25, 0.3) is 0 Å². The summed E-state index contributed by atoms with van der Waals surface area (Å²) in [6.07, 6.45) is -4.46. The van der Waals surface area contributed by atoms with Gasteiger partial charge < -0.3 is 30.3 Å². The lowest BCUT2D eigenvalue weighted by Crippen LogP contribution is -2.53. The zero-order valence-corrected chi connectivity index (χ0v) is 6.29. The summed E-state index contributed by atoms with van der Waals surface area (Å²) in [5.41, 5.74) is 0. The zero-order chi connectivity index (χ0) is 9.35. The van der Waals surface area contributed by atoms with Crippen LogP contribution in [0.1, 0.15) is 0 Å². The van der Waals surface area contributed by atoms with Crippen molar-refractivity contribution in [2.24, 2.45) is 0 Å². The Kier molecular flexibility index (Phi) is 2.67. The first kappa shape index (κ1) is 9.85. The Balaban J connectivity index is 2.71. The third-order valence-corrected chi connectivity index (χ3v) is 1.92. The highest BCUT2D eigenvalue weighted by Gasteiger charge is 2.52. The highest BCUT2D eigenvalue weighted by Crippen LogP contribution is 2.27. The minimum Gasteiger partial charge on any atom is -0.393 e. The van der Waals surface area contributed by atoms with Crippen LogP contribution in [0.15, 0.2) is 0 Å². The fourth-order valence-corrected chi connectivity index (χ4v) is 1.10. The molecule has 0 amide bonds. The second kappa shape index (κ2) is 3.25. The molecule has 0 unspecified atom stereocenters. The molecule has 72 valence electrons. The van der Waals surface area contributed by atoms with E-state index in [0.29, 0.717) is 0 Å². The van der Waals surface area contributed by atoms with Gasteiger partial charge in [-0.1, -0.05) is 0 Å². The minimum atomic E-state index is -2.26. The Hall–Kier alpha value is -0.240. The molecule has 1 rings (SSSR count). The van der Waals surface area contributed by atoms with Gasteiger partial charge in [-0.3, -0.25) is 0 Å².